The first-order valence-electron chi connectivity index (χ1n) is 13.6. The fourth-order valence-corrected chi connectivity index (χ4v) is 5.09. The van der Waals surface area contributed by atoms with Crippen LogP contribution in [0.3, 0.4) is 0 Å². The van der Waals surface area contributed by atoms with Crippen LogP contribution >= 0.6 is 11.6 Å². The van der Waals surface area contributed by atoms with Crippen molar-refractivity contribution in [2.45, 2.75) is 32.4 Å². The molecule has 0 aliphatic carbocycles. The molecular formula is C33H34ClN3O2. The van der Waals surface area contributed by atoms with Gasteiger partial charge in [-0.15, -0.1) is 0 Å². The van der Waals surface area contributed by atoms with Gasteiger partial charge in [-0.1, -0.05) is 54.1 Å². The number of ether oxygens (including phenoxy) is 1. The summed E-state index contributed by atoms with van der Waals surface area (Å²) in [7, 11) is 0. The smallest absolute Gasteiger partial charge is 0.137 e. The van der Waals surface area contributed by atoms with Gasteiger partial charge < -0.3 is 10.1 Å². The first kappa shape index (κ1) is 27.1. The number of rotatable bonds is 11. The predicted octanol–water partition coefficient (Wildman–Crippen LogP) is 6.13. The standard InChI is InChI=1S/C33H34ClN3O2/c34-30-10-9-29(33(21-30)28-5-1-3-27(19-28)23-37-17-15-35-16-18-37)24-39-32-12-7-25(8-13-32)20-31(38)11-6-26-4-2-14-36-22-26/h1-5,7-10,12-14,19,21-22,35H,6,11,15-18,20,23-24H2. The van der Waals surface area contributed by atoms with Crippen molar-refractivity contribution in [3.63, 3.8) is 0 Å². The molecule has 1 N–H and O–H groups in total. The van der Waals surface area contributed by atoms with E-state index in [-0.39, 0.29) is 5.78 Å². The van der Waals surface area contributed by atoms with E-state index in [1.807, 2.05) is 60.8 Å². The molecule has 6 heteroatoms. The molecule has 0 atom stereocenters. The number of piperazine rings is 1. The van der Waals surface area contributed by atoms with Gasteiger partial charge in [0.15, 0.2) is 0 Å². The van der Waals surface area contributed by atoms with Crippen molar-refractivity contribution in [2.75, 3.05) is 26.2 Å². The summed E-state index contributed by atoms with van der Waals surface area (Å²) >= 11 is 6.41. The highest BCUT2D eigenvalue weighted by atomic mass is 35.5. The van der Waals surface area contributed by atoms with E-state index < -0.39 is 0 Å². The minimum atomic E-state index is 0.220. The zero-order valence-corrected chi connectivity index (χ0v) is 22.9. The van der Waals surface area contributed by atoms with Crippen molar-refractivity contribution in [3.05, 3.63) is 119 Å². The lowest BCUT2D eigenvalue weighted by Gasteiger charge is -2.27. The van der Waals surface area contributed by atoms with Gasteiger partial charge in [0, 0.05) is 63.0 Å². The Morgan fingerprint density at radius 2 is 1.74 bits per heavy atom. The maximum absolute atomic E-state index is 12.4. The maximum Gasteiger partial charge on any atom is 0.137 e. The number of hydrogen-bond acceptors (Lipinski definition) is 5. The van der Waals surface area contributed by atoms with Crippen LogP contribution in [0.1, 0.15) is 28.7 Å². The number of benzene rings is 3. The highest BCUT2D eigenvalue weighted by molar-refractivity contribution is 6.30. The summed E-state index contributed by atoms with van der Waals surface area (Å²) < 4.78 is 6.16. The number of aromatic nitrogens is 1. The van der Waals surface area contributed by atoms with Gasteiger partial charge in [0.1, 0.15) is 18.1 Å². The third kappa shape index (κ3) is 7.99. The Labute approximate surface area is 235 Å². The summed E-state index contributed by atoms with van der Waals surface area (Å²) in [4.78, 5) is 19.0. The Bertz CT molecular complexity index is 1370. The lowest BCUT2D eigenvalue weighted by Crippen LogP contribution is -2.42. The van der Waals surface area contributed by atoms with Gasteiger partial charge in [0.25, 0.3) is 0 Å². The number of halogens is 1. The highest BCUT2D eigenvalue weighted by Crippen LogP contribution is 2.29. The first-order valence-corrected chi connectivity index (χ1v) is 13.9. The van der Waals surface area contributed by atoms with Crippen LogP contribution in [0.5, 0.6) is 5.75 Å². The highest BCUT2D eigenvalue weighted by Gasteiger charge is 2.12. The second kappa shape index (κ2) is 13.5. The molecule has 0 radical (unpaired) electrons. The number of Topliss-reactive ketones (excluding diaryl/α,β-unsaturated/α-hetero) is 1. The monoisotopic (exact) mass is 539 g/mol. The summed E-state index contributed by atoms with van der Waals surface area (Å²) in [5.74, 6) is 0.993. The predicted molar refractivity (Wildman–Crippen MR) is 157 cm³/mol. The lowest BCUT2D eigenvalue weighted by molar-refractivity contribution is -0.118. The van der Waals surface area contributed by atoms with Crippen LogP contribution in [0, 0.1) is 0 Å². The molecule has 1 fully saturated rings. The van der Waals surface area contributed by atoms with Crippen LogP contribution in [-0.2, 0) is 30.8 Å². The molecule has 200 valence electrons. The van der Waals surface area contributed by atoms with E-state index in [9.17, 15) is 4.79 Å². The number of ketones is 1. The quantitative estimate of drug-likeness (QED) is 0.248. The molecular weight excluding hydrogens is 506 g/mol. The van der Waals surface area contributed by atoms with Crippen molar-refractivity contribution < 1.29 is 9.53 Å². The van der Waals surface area contributed by atoms with Crippen molar-refractivity contribution in [3.8, 4) is 16.9 Å². The molecule has 0 bridgehead atoms. The zero-order valence-electron chi connectivity index (χ0n) is 22.1. The van der Waals surface area contributed by atoms with E-state index in [1.54, 1.807) is 6.20 Å². The largest absolute Gasteiger partial charge is 0.489 e. The SMILES string of the molecule is O=C(CCc1cccnc1)Cc1ccc(OCc2ccc(Cl)cc2-c2cccc(CN3CCNCC3)c2)cc1. The summed E-state index contributed by atoms with van der Waals surface area (Å²) in [6.07, 6.45) is 5.22. The molecule has 1 aliphatic rings. The molecule has 0 amide bonds. The molecule has 39 heavy (non-hydrogen) atoms. The molecule has 1 aliphatic heterocycles. The van der Waals surface area contributed by atoms with Crippen molar-refractivity contribution in [2.24, 2.45) is 0 Å². The third-order valence-electron chi connectivity index (χ3n) is 7.06. The first-order chi connectivity index (χ1) is 19.1. The van der Waals surface area contributed by atoms with E-state index in [0.717, 1.165) is 72.7 Å². The third-order valence-corrected chi connectivity index (χ3v) is 7.30. The topological polar surface area (TPSA) is 54.5 Å². The molecule has 4 aromatic rings. The number of carbonyl (C=O) groups excluding carboxylic acids is 1. The molecule has 2 heterocycles. The molecule has 0 spiro atoms. The summed E-state index contributed by atoms with van der Waals surface area (Å²) in [5.41, 5.74) is 6.68. The number of carbonyl (C=O) groups is 1. The molecule has 0 saturated carbocycles. The van der Waals surface area contributed by atoms with E-state index in [4.69, 9.17) is 16.3 Å². The maximum atomic E-state index is 12.4. The van der Waals surface area contributed by atoms with Crippen molar-refractivity contribution >= 4 is 17.4 Å². The minimum Gasteiger partial charge on any atom is -0.489 e. The van der Waals surface area contributed by atoms with Gasteiger partial charge in [0.2, 0.25) is 0 Å². The zero-order chi connectivity index (χ0) is 26.9. The molecule has 5 rings (SSSR count). The van der Waals surface area contributed by atoms with E-state index in [2.05, 4.69) is 39.5 Å². The van der Waals surface area contributed by atoms with Gasteiger partial charge in [-0.05, 0) is 76.2 Å². The Balaban J connectivity index is 1.19. The van der Waals surface area contributed by atoms with Gasteiger partial charge in [-0.2, -0.15) is 0 Å². The number of aryl methyl sites for hydroxylation is 1. The van der Waals surface area contributed by atoms with Crippen LogP contribution < -0.4 is 10.1 Å². The van der Waals surface area contributed by atoms with E-state index in [1.165, 1.54) is 5.56 Å². The summed E-state index contributed by atoms with van der Waals surface area (Å²) in [6, 6.07) is 26.4. The average Bonchev–Trinajstić information content (AvgIpc) is 2.97. The van der Waals surface area contributed by atoms with Gasteiger partial charge in [0.05, 0.1) is 0 Å². The van der Waals surface area contributed by atoms with Crippen LogP contribution in [0.25, 0.3) is 11.1 Å². The van der Waals surface area contributed by atoms with Crippen LogP contribution in [0.4, 0.5) is 0 Å². The van der Waals surface area contributed by atoms with Gasteiger partial charge in [-0.3, -0.25) is 14.7 Å². The van der Waals surface area contributed by atoms with E-state index in [0.29, 0.717) is 24.5 Å². The molecule has 5 nitrogen and oxygen atoms in total. The van der Waals surface area contributed by atoms with Gasteiger partial charge in [-0.25, -0.2) is 0 Å². The summed E-state index contributed by atoms with van der Waals surface area (Å²) in [6.45, 7) is 5.59. The second-order valence-corrected chi connectivity index (χ2v) is 10.5. The Morgan fingerprint density at radius 1 is 0.923 bits per heavy atom. The number of nitrogens with one attached hydrogen (secondary N) is 1. The lowest BCUT2D eigenvalue weighted by atomic mass is 9.98. The van der Waals surface area contributed by atoms with E-state index >= 15 is 0 Å². The molecule has 0 unspecified atom stereocenters. The molecule has 1 saturated heterocycles. The second-order valence-electron chi connectivity index (χ2n) is 10.0. The fraction of sp³-hybridized carbons (Fsp3) is 0.273. The van der Waals surface area contributed by atoms with Crippen molar-refractivity contribution in [1.82, 2.24) is 15.2 Å². The average molecular weight is 540 g/mol. The van der Waals surface area contributed by atoms with Crippen LogP contribution in [0.15, 0.2) is 91.3 Å². The Kier molecular flexibility index (Phi) is 9.38. The Hall–Kier alpha value is -3.51. The molecule has 3 aromatic carbocycles. The number of nitrogens with zero attached hydrogens (tertiary/aromatic N) is 2. The van der Waals surface area contributed by atoms with Crippen LogP contribution in [0.2, 0.25) is 5.02 Å². The summed E-state index contributed by atoms with van der Waals surface area (Å²) in [5, 5.41) is 4.12. The number of hydrogen-bond donors (Lipinski definition) is 1. The van der Waals surface area contributed by atoms with Crippen molar-refractivity contribution in [1.29, 1.82) is 0 Å². The minimum absolute atomic E-state index is 0.220. The van der Waals surface area contributed by atoms with Gasteiger partial charge >= 0.3 is 0 Å². The molecule has 1 aromatic heterocycles. The van der Waals surface area contributed by atoms with Crippen LogP contribution in [-0.4, -0.2) is 41.8 Å². The normalized spacial score (nSPS) is 13.8. The number of pyridine rings is 1. The Morgan fingerprint density at radius 3 is 2.54 bits per heavy atom. The fourth-order valence-electron chi connectivity index (χ4n) is 4.92.